The van der Waals surface area contributed by atoms with E-state index in [1.54, 1.807) is 24.3 Å². The second-order valence-corrected chi connectivity index (χ2v) is 4.34. The molecule has 0 spiro atoms. The number of hydrogen-bond acceptors (Lipinski definition) is 4. The Hall–Kier alpha value is -1.88. The highest BCUT2D eigenvalue weighted by Gasteiger charge is 2.30. The lowest BCUT2D eigenvalue weighted by Crippen LogP contribution is -2.21. The Bertz CT molecular complexity index is 604. The van der Waals surface area contributed by atoms with Crippen LogP contribution in [0.4, 0.5) is 0 Å². The van der Waals surface area contributed by atoms with E-state index in [4.69, 9.17) is 33.7 Å². The summed E-state index contributed by atoms with van der Waals surface area (Å²) in [6.45, 7) is 0. The number of hydrogen-bond donors (Lipinski definition) is 0. The van der Waals surface area contributed by atoms with Gasteiger partial charge in [-0.1, -0.05) is 23.7 Å². The van der Waals surface area contributed by atoms with Crippen molar-refractivity contribution in [2.45, 2.75) is 6.04 Å². The Labute approximate surface area is 114 Å². The fourth-order valence-corrected chi connectivity index (χ4v) is 2.14. The number of nitriles is 2. The molecule has 1 aliphatic rings. The summed E-state index contributed by atoms with van der Waals surface area (Å²) < 4.78 is 0. The van der Waals surface area contributed by atoms with Gasteiger partial charge in [0.15, 0.2) is 0 Å². The lowest BCUT2D eigenvalue weighted by atomic mass is 9.94. The first-order valence-corrected chi connectivity index (χ1v) is 5.78. The number of rotatable bonds is 1. The van der Waals surface area contributed by atoms with Gasteiger partial charge in [-0.3, -0.25) is 0 Å². The summed E-state index contributed by atoms with van der Waals surface area (Å²) in [6.07, 6.45) is 0. The van der Waals surface area contributed by atoms with Crippen LogP contribution in [0.15, 0.2) is 34.3 Å². The molecule has 2 unspecified atom stereocenters. The molecule has 0 aliphatic carbocycles. The smallest absolute Gasteiger partial charge is 0.219 e. The van der Waals surface area contributed by atoms with Gasteiger partial charge in [0, 0.05) is 0 Å². The number of benzene rings is 1. The van der Waals surface area contributed by atoms with Crippen molar-refractivity contribution in [1.82, 2.24) is 0 Å². The summed E-state index contributed by atoms with van der Waals surface area (Å²) >= 11 is 11.6. The highest BCUT2D eigenvalue weighted by Crippen LogP contribution is 2.32. The fraction of sp³-hybridized carbons (Fsp3) is 0.167. The molecule has 4 nitrogen and oxygen atoms in total. The molecule has 1 aliphatic heterocycles. The molecule has 0 aromatic heterocycles. The van der Waals surface area contributed by atoms with Crippen molar-refractivity contribution >= 4 is 33.7 Å². The highest BCUT2D eigenvalue weighted by atomic mass is 35.5. The van der Waals surface area contributed by atoms with Crippen molar-refractivity contribution in [3.05, 3.63) is 35.4 Å². The van der Waals surface area contributed by atoms with Gasteiger partial charge in [0.05, 0.1) is 17.7 Å². The quantitative estimate of drug-likeness (QED) is 0.740. The maximum absolute atomic E-state index is 9.10. The zero-order chi connectivity index (χ0) is 13.1. The number of nitrogens with zero attached hydrogens (tertiary/aromatic N) is 4. The molecular formula is C12H6Cl2N4. The molecule has 0 N–H and O–H groups in total. The molecule has 2 rings (SSSR count). The monoisotopic (exact) mass is 276 g/mol. The summed E-state index contributed by atoms with van der Waals surface area (Å²) in [5.74, 6) is -0.651. The molecule has 0 saturated heterocycles. The van der Waals surface area contributed by atoms with Gasteiger partial charge in [0.25, 0.3) is 0 Å². The lowest BCUT2D eigenvalue weighted by Gasteiger charge is -2.20. The SMILES string of the molecule is N#Cc1ccc(C2N=C(Cl)N=C(Cl)C2C#N)cc1. The van der Waals surface area contributed by atoms with Crippen LogP contribution in [0, 0.1) is 28.6 Å². The van der Waals surface area contributed by atoms with Crippen LogP contribution >= 0.6 is 23.2 Å². The maximum atomic E-state index is 9.10. The summed E-state index contributed by atoms with van der Waals surface area (Å²) in [5, 5.41) is 18.0. The molecule has 18 heavy (non-hydrogen) atoms. The second-order valence-electron chi connectivity index (χ2n) is 3.62. The molecule has 0 amide bonds. The molecule has 0 fully saturated rings. The van der Waals surface area contributed by atoms with E-state index >= 15 is 0 Å². The van der Waals surface area contributed by atoms with Crippen molar-refractivity contribution in [2.24, 2.45) is 15.9 Å². The summed E-state index contributed by atoms with van der Waals surface area (Å²) in [7, 11) is 0. The van der Waals surface area contributed by atoms with Crippen LogP contribution in [0.25, 0.3) is 0 Å². The zero-order valence-corrected chi connectivity index (χ0v) is 10.5. The van der Waals surface area contributed by atoms with Crippen LogP contribution in [0.5, 0.6) is 0 Å². The predicted molar refractivity (Wildman–Crippen MR) is 69.6 cm³/mol. The van der Waals surface area contributed by atoms with Gasteiger partial charge in [-0.15, -0.1) is 0 Å². The first-order valence-electron chi connectivity index (χ1n) is 5.02. The standard InChI is InChI=1S/C12H6Cl2N4/c13-11-9(6-16)10(17-12(14)18-11)8-3-1-7(5-15)2-4-8/h1-4,9-10H. The van der Waals surface area contributed by atoms with Gasteiger partial charge in [0.2, 0.25) is 5.29 Å². The Kier molecular flexibility index (Phi) is 3.62. The van der Waals surface area contributed by atoms with E-state index in [1.165, 1.54) is 0 Å². The molecule has 2 atom stereocenters. The van der Waals surface area contributed by atoms with Crippen molar-refractivity contribution in [1.29, 1.82) is 10.5 Å². The minimum absolute atomic E-state index is 0.0286. The van der Waals surface area contributed by atoms with Crippen LogP contribution in [-0.2, 0) is 0 Å². The van der Waals surface area contributed by atoms with E-state index in [-0.39, 0.29) is 10.5 Å². The van der Waals surface area contributed by atoms with Crippen molar-refractivity contribution in [3.8, 4) is 12.1 Å². The van der Waals surface area contributed by atoms with Gasteiger partial charge in [-0.2, -0.15) is 10.5 Å². The van der Waals surface area contributed by atoms with Gasteiger partial charge in [-0.25, -0.2) is 9.98 Å². The van der Waals surface area contributed by atoms with E-state index < -0.39 is 12.0 Å². The third kappa shape index (κ3) is 2.36. The van der Waals surface area contributed by atoms with E-state index in [2.05, 4.69) is 16.1 Å². The Morgan fingerprint density at radius 3 is 2.33 bits per heavy atom. The molecule has 0 saturated carbocycles. The van der Waals surface area contributed by atoms with Crippen LogP contribution < -0.4 is 0 Å². The fourth-order valence-electron chi connectivity index (χ4n) is 1.65. The number of aliphatic imine (C=N–C) groups is 2. The van der Waals surface area contributed by atoms with Crippen LogP contribution in [0.1, 0.15) is 17.2 Å². The minimum atomic E-state index is -0.651. The molecule has 1 aromatic rings. The topological polar surface area (TPSA) is 72.3 Å². The first-order chi connectivity index (χ1) is 8.65. The Morgan fingerprint density at radius 1 is 1.11 bits per heavy atom. The maximum Gasteiger partial charge on any atom is 0.219 e. The van der Waals surface area contributed by atoms with Crippen molar-refractivity contribution in [3.63, 3.8) is 0 Å². The third-order valence-electron chi connectivity index (χ3n) is 2.54. The van der Waals surface area contributed by atoms with E-state index in [0.29, 0.717) is 5.56 Å². The Morgan fingerprint density at radius 2 is 1.78 bits per heavy atom. The third-order valence-corrected chi connectivity index (χ3v) is 3.04. The van der Waals surface area contributed by atoms with Gasteiger partial charge >= 0.3 is 0 Å². The van der Waals surface area contributed by atoms with Crippen LogP contribution in [0.2, 0.25) is 0 Å². The highest BCUT2D eigenvalue weighted by molar-refractivity contribution is 6.72. The van der Waals surface area contributed by atoms with E-state index in [0.717, 1.165) is 5.56 Å². The molecule has 0 bridgehead atoms. The van der Waals surface area contributed by atoms with Crippen LogP contribution in [-0.4, -0.2) is 10.5 Å². The summed E-state index contributed by atoms with van der Waals surface area (Å²) in [6, 6.07) is 10.4. The van der Waals surface area contributed by atoms with Gasteiger partial charge in [0.1, 0.15) is 17.1 Å². The second kappa shape index (κ2) is 5.18. The molecule has 1 aromatic carbocycles. The molecular weight excluding hydrogens is 271 g/mol. The zero-order valence-electron chi connectivity index (χ0n) is 9.01. The minimum Gasteiger partial charge on any atom is -0.246 e. The molecule has 1 heterocycles. The lowest BCUT2D eigenvalue weighted by molar-refractivity contribution is 0.658. The predicted octanol–water partition coefficient (Wildman–Crippen LogP) is 2.98. The molecule has 0 radical (unpaired) electrons. The average Bonchev–Trinajstić information content (AvgIpc) is 2.38. The average molecular weight is 277 g/mol. The van der Waals surface area contributed by atoms with Gasteiger partial charge < -0.3 is 0 Å². The normalized spacial score (nSPS) is 22.4. The molecule has 88 valence electrons. The largest absolute Gasteiger partial charge is 0.246 e. The van der Waals surface area contributed by atoms with Crippen LogP contribution in [0.3, 0.4) is 0 Å². The van der Waals surface area contributed by atoms with Crippen molar-refractivity contribution in [2.75, 3.05) is 0 Å². The summed E-state index contributed by atoms with van der Waals surface area (Å²) in [4.78, 5) is 7.88. The number of halogens is 2. The number of amidine groups is 1. The van der Waals surface area contributed by atoms with E-state index in [1.807, 2.05) is 6.07 Å². The molecule has 6 heteroatoms. The van der Waals surface area contributed by atoms with Crippen molar-refractivity contribution < 1.29 is 0 Å². The summed E-state index contributed by atoms with van der Waals surface area (Å²) in [5.41, 5.74) is 1.31. The van der Waals surface area contributed by atoms with Gasteiger partial charge in [-0.05, 0) is 29.3 Å². The Balaban J connectivity index is 2.40. The van der Waals surface area contributed by atoms with E-state index in [9.17, 15) is 0 Å². The first kappa shape index (κ1) is 12.6.